The summed E-state index contributed by atoms with van der Waals surface area (Å²) in [6.45, 7) is 4.09. The molecule has 86 valence electrons. The summed E-state index contributed by atoms with van der Waals surface area (Å²) in [5, 5.41) is 0. The van der Waals surface area contributed by atoms with Gasteiger partial charge in [0.05, 0.1) is 0 Å². The van der Waals surface area contributed by atoms with Crippen LogP contribution in [0.3, 0.4) is 0 Å². The molecule has 2 rings (SSSR count). The SMILES string of the molecule is Cc1cc(C2CCCCC2)cc(C)c1C=O. The lowest BCUT2D eigenvalue weighted by molar-refractivity contribution is 0.112. The molecule has 1 aliphatic carbocycles. The highest BCUT2D eigenvalue weighted by molar-refractivity contribution is 5.79. The van der Waals surface area contributed by atoms with E-state index in [0.29, 0.717) is 0 Å². The third-order valence-corrected chi connectivity index (χ3v) is 3.81. The van der Waals surface area contributed by atoms with Gasteiger partial charge in [-0.05, 0) is 49.3 Å². The van der Waals surface area contributed by atoms with Crippen LogP contribution in [0, 0.1) is 13.8 Å². The van der Waals surface area contributed by atoms with Crippen LogP contribution in [0.2, 0.25) is 0 Å². The number of hydrogen-bond acceptors (Lipinski definition) is 1. The van der Waals surface area contributed by atoms with Crippen molar-refractivity contribution in [2.24, 2.45) is 0 Å². The van der Waals surface area contributed by atoms with Gasteiger partial charge in [0.15, 0.2) is 6.29 Å². The Labute approximate surface area is 97.9 Å². The molecule has 1 aromatic carbocycles. The number of aryl methyl sites for hydroxylation is 2. The number of carbonyl (C=O) groups excluding carboxylic acids is 1. The Hall–Kier alpha value is -1.11. The summed E-state index contributed by atoms with van der Waals surface area (Å²) >= 11 is 0. The first-order valence-electron chi connectivity index (χ1n) is 6.28. The number of rotatable bonds is 2. The second-order valence-corrected chi connectivity index (χ2v) is 5.02. The fourth-order valence-electron chi connectivity index (χ4n) is 2.87. The third-order valence-electron chi connectivity index (χ3n) is 3.81. The molecule has 0 N–H and O–H groups in total. The third kappa shape index (κ3) is 2.18. The molecule has 0 heterocycles. The highest BCUT2D eigenvalue weighted by atomic mass is 16.1. The molecule has 0 aliphatic heterocycles. The van der Waals surface area contributed by atoms with Crippen LogP contribution in [0.1, 0.15) is 65.1 Å². The summed E-state index contributed by atoms with van der Waals surface area (Å²) in [4.78, 5) is 10.9. The van der Waals surface area contributed by atoms with E-state index in [-0.39, 0.29) is 0 Å². The monoisotopic (exact) mass is 216 g/mol. The van der Waals surface area contributed by atoms with Crippen molar-refractivity contribution in [2.75, 3.05) is 0 Å². The molecular formula is C15H20O. The minimum absolute atomic E-state index is 0.729. The van der Waals surface area contributed by atoms with Crippen molar-refractivity contribution in [3.05, 3.63) is 34.4 Å². The van der Waals surface area contributed by atoms with Crippen LogP contribution in [-0.2, 0) is 0 Å². The van der Waals surface area contributed by atoms with E-state index < -0.39 is 0 Å². The molecule has 1 heteroatoms. The molecule has 0 bridgehead atoms. The predicted octanol–water partition coefficient (Wildman–Crippen LogP) is 4.16. The molecule has 1 fully saturated rings. The molecule has 1 saturated carbocycles. The highest BCUT2D eigenvalue weighted by Crippen LogP contribution is 2.34. The summed E-state index contributed by atoms with van der Waals surface area (Å²) in [5.74, 6) is 0.729. The Morgan fingerprint density at radius 2 is 1.62 bits per heavy atom. The summed E-state index contributed by atoms with van der Waals surface area (Å²) in [5.41, 5.74) is 4.59. The fraction of sp³-hybridized carbons (Fsp3) is 0.533. The van der Waals surface area contributed by atoms with Crippen LogP contribution in [0.25, 0.3) is 0 Å². The van der Waals surface area contributed by atoms with E-state index in [0.717, 1.165) is 28.9 Å². The molecule has 0 amide bonds. The maximum absolute atomic E-state index is 10.9. The number of carbonyl (C=O) groups is 1. The quantitative estimate of drug-likeness (QED) is 0.678. The minimum Gasteiger partial charge on any atom is -0.298 e. The van der Waals surface area contributed by atoms with Crippen LogP contribution in [0.15, 0.2) is 12.1 Å². The van der Waals surface area contributed by atoms with Crippen molar-refractivity contribution in [2.45, 2.75) is 51.9 Å². The lowest BCUT2D eigenvalue weighted by atomic mass is 9.82. The number of benzene rings is 1. The maximum Gasteiger partial charge on any atom is 0.150 e. The van der Waals surface area contributed by atoms with Gasteiger partial charge in [-0.15, -0.1) is 0 Å². The smallest absolute Gasteiger partial charge is 0.150 e. The first-order valence-corrected chi connectivity index (χ1v) is 6.28. The van der Waals surface area contributed by atoms with Crippen molar-refractivity contribution in [3.63, 3.8) is 0 Å². The van der Waals surface area contributed by atoms with Crippen molar-refractivity contribution >= 4 is 6.29 Å². The van der Waals surface area contributed by atoms with Gasteiger partial charge >= 0.3 is 0 Å². The van der Waals surface area contributed by atoms with Gasteiger partial charge in [0, 0.05) is 5.56 Å². The van der Waals surface area contributed by atoms with Gasteiger partial charge in [0.1, 0.15) is 0 Å². The Morgan fingerprint density at radius 3 is 2.12 bits per heavy atom. The van der Waals surface area contributed by atoms with Gasteiger partial charge in [-0.25, -0.2) is 0 Å². The lowest BCUT2D eigenvalue weighted by Crippen LogP contribution is -2.06. The van der Waals surface area contributed by atoms with E-state index in [2.05, 4.69) is 12.1 Å². The molecule has 0 radical (unpaired) electrons. The summed E-state index contributed by atoms with van der Waals surface area (Å²) in [6.07, 6.45) is 7.73. The largest absolute Gasteiger partial charge is 0.298 e. The minimum atomic E-state index is 0.729. The molecule has 0 atom stereocenters. The zero-order valence-electron chi connectivity index (χ0n) is 10.3. The van der Waals surface area contributed by atoms with Gasteiger partial charge < -0.3 is 0 Å². The molecule has 0 unspecified atom stereocenters. The van der Waals surface area contributed by atoms with Gasteiger partial charge in [-0.2, -0.15) is 0 Å². The van der Waals surface area contributed by atoms with Crippen LogP contribution < -0.4 is 0 Å². The lowest BCUT2D eigenvalue weighted by Gasteiger charge is -2.23. The van der Waals surface area contributed by atoms with E-state index in [1.54, 1.807) is 0 Å². The van der Waals surface area contributed by atoms with Gasteiger partial charge in [-0.3, -0.25) is 4.79 Å². The van der Waals surface area contributed by atoms with Gasteiger partial charge in [-0.1, -0.05) is 31.4 Å². The number of aldehydes is 1. The molecule has 1 aliphatic rings. The molecule has 0 saturated heterocycles. The molecular weight excluding hydrogens is 196 g/mol. The standard InChI is InChI=1S/C15H20O/c1-11-8-14(9-12(2)15(11)10-16)13-6-4-3-5-7-13/h8-10,13H,3-7H2,1-2H3. The molecule has 0 aromatic heterocycles. The van der Waals surface area contributed by atoms with Gasteiger partial charge in [0.2, 0.25) is 0 Å². The Bertz CT molecular complexity index is 363. The van der Waals surface area contributed by atoms with Crippen LogP contribution >= 0.6 is 0 Å². The summed E-state index contributed by atoms with van der Waals surface area (Å²) in [6, 6.07) is 4.43. The summed E-state index contributed by atoms with van der Waals surface area (Å²) in [7, 11) is 0. The highest BCUT2D eigenvalue weighted by Gasteiger charge is 2.16. The topological polar surface area (TPSA) is 17.1 Å². The zero-order chi connectivity index (χ0) is 11.5. The molecule has 0 spiro atoms. The van der Waals surface area contributed by atoms with Crippen LogP contribution in [-0.4, -0.2) is 6.29 Å². The van der Waals surface area contributed by atoms with Crippen LogP contribution in [0.4, 0.5) is 0 Å². The average Bonchev–Trinajstić information content (AvgIpc) is 2.30. The van der Waals surface area contributed by atoms with E-state index >= 15 is 0 Å². The Kier molecular flexibility index (Phi) is 3.42. The first kappa shape index (κ1) is 11.4. The Balaban J connectivity index is 2.31. The summed E-state index contributed by atoms with van der Waals surface area (Å²) < 4.78 is 0. The normalized spacial score (nSPS) is 17.4. The van der Waals surface area contributed by atoms with Crippen molar-refractivity contribution < 1.29 is 4.79 Å². The van der Waals surface area contributed by atoms with Gasteiger partial charge in [0.25, 0.3) is 0 Å². The second-order valence-electron chi connectivity index (χ2n) is 5.02. The average molecular weight is 216 g/mol. The maximum atomic E-state index is 10.9. The molecule has 16 heavy (non-hydrogen) atoms. The van der Waals surface area contributed by atoms with E-state index in [1.807, 2.05) is 13.8 Å². The molecule has 1 aromatic rings. The second kappa shape index (κ2) is 4.82. The Morgan fingerprint density at radius 1 is 1.06 bits per heavy atom. The van der Waals surface area contributed by atoms with E-state index in [1.165, 1.54) is 37.7 Å². The van der Waals surface area contributed by atoms with E-state index in [9.17, 15) is 4.79 Å². The fourth-order valence-corrected chi connectivity index (χ4v) is 2.87. The predicted molar refractivity (Wildman–Crippen MR) is 67.1 cm³/mol. The van der Waals surface area contributed by atoms with Crippen molar-refractivity contribution in [1.82, 2.24) is 0 Å². The zero-order valence-corrected chi connectivity index (χ0v) is 10.3. The van der Waals surface area contributed by atoms with Crippen molar-refractivity contribution in [1.29, 1.82) is 0 Å². The van der Waals surface area contributed by atoms with E-state index in [4.69, 9.17) is 0 Å². The van der Waals surface area contributed by atoms with Crippen LogP contribution in [0.5, 0.6) is 0 Å². The van der Waals surface area contributed by atoms with Crippen molar-refractivity contribution in [3.8, 4) is 0 Å². The number of hydrogen-bond donors (Lipinski definition) is 0. The molecule has 1 nitrogen and oxygen atoms in total. The first-order chi connectivity index (χ1) is 7.72.